The van der Waals surface area contributed by atoms with Gasteiger partial charge in [-0.15, -0.1) is 0 Å². The highest BCUT2D eigenvalue weighted by atomic mass is 16.5. The maximum atomic E-state index is 12.6. The zero-order valence-corrected chi connectivity index (χ0v) is 26.3. The van der Waals surface area contributed by atoms with E-state index in [0.717, 1.165) is 66.6 Å². The van der Waals surface area contributed by atoms with Crippen molar-refractivity contribution in [3.05, 3.63) is 69.8 Å². The standard InChI is InChI=1S/2C18H21NO4/c2*1-19-7-6-17-14-10-2-3-11(9-20)15(14)23-16(17)12(21)4-5-18(17,22)13(19)8-10/h2-3,13,16,20,22H,4-9H2,1H3;2-5,12-13,16,20-22H,6-9H2,1H3/t13?,16?,17?,18-;12?,13?,16?,17?,18-/m11/s1. The van der Waals surface area contributed by atoms with Gasteiger partial charge in [-0.25, -0.2) is 0 Å². The maximum Gasteiger partial charge on any atom is 0.174 e. The van der Waals surface area contributed by atoms with Crippen LogP contribution in [-0.4, -0.2) is 110 Å². The number of Topliss-reactive ketones (excluding diaryl/α,β-unsaturated/α-hetero) is 1. The van der Waals surface area contributed by atoms with Crippen molar-refractivity contribution >= 4 is 5.78 Å². The largest absolute Gasteiger partial charge is 0.486 e. The van der Waals surface area contributed by atoms with Crippen LogP contribution >= 0.6 is 0 Å². The first-order chi connectivity index (χ1) is 22.1. The molecule has 2 spiro atoms. The third-order valence-corrected chi connectivity index (χ3v) is 13.4. The topological polar surface area (TPSA) is 143 Å². The summed E-state index contributed by atoms with van der Waals surface area (Å²) in [5.74, 6) is 1.43. The van der Waals surface area contributed by atoms with Crippen LogP contribution < -0.4 is 9.47 Å². The van der Waals surface area contributed by atoms with Crippen LogP contribution in [0.3, 0.4) is 0 Å². The quantitative estimate of drug-likeness (QED) is 0.300. The second-order valence-electron chi connectivity index (χ2n) is 14.9. The zero-order valence-electron chi connectivity index (χ0n) is 26.3. The van der Waals surface area contributed by atoms with Crippen LogP contribution in [0.1, 0.15) is 59.1 Å². The monoisotopic (exact) mass is 630 g/mol. The molecule has 0 aromatic heterocycles. The van der Waals surface area contributed by atoms with Crippen LogP contribution in [-0.2, 0) is 41.7 Å². The molecule has 244 valence electrons. The Morgan fingerprint density at radius 3 is 2.09 bits per heavy atom. The Labute approximate surface area is 267 Å². The van der Waals surface area contributed by atoms with Crippen molar-refractivity contribution < 1.29 is 39.8 Å². The number of carbonyl (C=O) groups excluding carboxylic acids is 1. The Morgan fingerprint density at radius 1 is 0.826 bits per heavy atom. The number of rotatable bonds is 2. The van der Waals surface area contributed by atoms with E-state index in [1.807, 2.05) is 31.3 Å². The Kier molecular flexibility index (Phi) is 6.00. The molecular formula is C36H42N2O8. The molecule has 10 nitrogen and oxygen atoms in total. The lowest BCUT2D eigenvalue weighted by Crippen LogP contribution is -2.76. The fourth-order valence-corrected chi connectivity index (χ4v) is 11.2. The van der Waals surface area contributed by atoms with Gasteiger partial charge >= 0.3 is 0 Å². The fourth-order valence-electron chi connectivity index (χ4n) is 11.2. The van der Waals surface area contributed by atoms with Crippen molar-refractivity contribution in [3.63, 3.8) is 0 Å². The molecule has 4 bridgehead atoms. The van der Waals surface area contributed by atoms with Crippen LogP contribution in [0.2, 0.25) is 0 Å². The molecule has 10 rings (SSSR count). The summed E-state index contributed by atoms with van der Waals surface area (Å²) in [5.41, 5.74) is 2.60. The minimum atomic E-state index is -1.05. The molecule has 10 heteroatoms. The summed E-state index contributed by atoms with van der Waals surface area (Å²) in [5, 5.41) is 53.3. The summed E-state index contributed by atoms with van der Waals surface area (Å²) in [4.78, 5) is 17.1. The molecule has 2 saturated heterocycles. The molecule has 8 aliphatic rings. The number of nitrogens with zero attached hydrogens (tertiary/aromatic N) is 2. The molecule has 7 unspecified atom stereocenters. The minimum Gasteiger partial charge on any atom is -0.486 e. The van der Waals surface area contributed by atoms with E-state index in [1.165, 1.54) is 5.56 Å². The van der Waals surface area contributed by atoms with Crippen molar-refractivity contribution in [2.24, 2.45) is 0 Å². The molecule has 9 atom stereocenters. The van der Waals surface area contributed by atoms with Crippen LogP contribution in [0.15, 0.2) is 36.4 Å². The molecular weight excluding hydrogens is 588 g/mol. The molecule has 2 aromatic rings. The fraction of sp³-hybridized carbons (Fsp3) is 0.583. The number of benzene rings is 2. The molecule has 2 aromatic carbocycles. The van der Waals surface area contributed by atoms with Gasteiger partial charge in [0, 0.05) is 40.8 Å². The van der Waals surface area contributed by atoms with Gasteiger partial charge in [-0.3, -0.25) is 9.69 Å². The number of aliphatic hydroxyl groups excluding tert-OH is 3. The van der Waals surface area contributed by atoms with Gasteiger partial charge in [0.25, 0.3) is 0 Å². The molecule has 4 aliphatic heterocycles. The van der Waals surface area contributed by atoms with E-state index in [1.54, 1.807) is 12.2 Å². The van der Waals surface area contributed by atoms with Gasteiger partial charge in [-0.05, 0) is 70.4 Å². The van der Waals surface area contributed by atoms with Crippen LogP contribution in [0.25, 0.3) is 0 Å². The third-order valence-electron chi connectivity index (χ3n) is 13.4. The summed E-state index contributed by atoms with van der Waals surface area (Å²) >= 11 is 0. The number of likely N-dealkylation sites (N-methyl/N-ethyl adjacent to an activating group) is 2. The lowest BCUT2D eigenvalue weighted by atomic mass is 9.49. The summed E-state index contributed by atoms with van der Waals surface area (Å²) in [7, 11) is 4.11. The number of ketones is 1. The van der Waals surface area contributed by atoms with Gasteiger partial charge in [0.05, 0.1) is 29.6 Å². The van der Waals surface area contributed by atoms with Crippen molar-refractivity contribution in [2.75, 3.05) is 27.2 Å². The van der Waals surface area contributed by atoms with Crippen molar-refractivity contribution in [1.29, 1.82) is 0 Å². The van der Waals surface area contributed by atoms with Crippen LogP contribution in [0.4, 0.5) is 0 Å². The van der Waals surface area contributed by atoms with Gasteiger partial charge in [-0.1, -0.05) is 36.4 Å². The normalized spacial score (nSPS) is 42.0. The Balaban J connectivity index is 0.000000127. The first-order valence-electron chi connectivity index (χ1n) is 16.7. The highest BCUT2D eigenvalue weighted by molar-refractivity contribution is 5.89. The number of carbonyl (C=O) groups is 1. The van der Waals surface area contributed by atoms with Crippen LogP contribution in [0.5, 0.6) is 11.5 Å². The lowest BCUT2D eigenvalue weighted by Gasteiger charge is -2.62. The number of aliphatic hydroxyl groups is 5. The summed E-state index contributed by atoms with van der Waals surface area (Å²) < 4.78 is 12.3. The Hall–Kier alpha value is -2.83. The lowest BCUT2D eigenvalue weighted by molar-refractivity contribution is -0.185. The zero-order chi connectivity index (χ0) is 32.0. The number of hydrogen-bond donors (Lipinski definition) is 5. The Bertz CT molecular complexity index is 1700. The van der Waals surface area contributed by atoms with Crippen molar-refractivity contribution in [3.8, 4) is 11.5 Å². The molecule has 1 saturated carbocycles. The van der Waals surface area contributed by atoms with Gasteiger partial charge < -0.3 is 39.9 Å². The van der Waals surface area contributed by atoms with E-state index in [9.17, 15) is 30.3 Å². The Morgan fingerprint density at radius 2 is 1.41 bits per heavy atom. The van der Waals surface area contributed by atoms with Crippen LogP contribution in [0, 0.1) is 0 Å². The number of likely N-dealkylation sites (tertiary alicyclic amines) is 2. The molecule has 4 heterocycles. The van der Waals surface area contributed by atoms with Gasteiger partial charge in [-0.2, -0.15) is 0 Å². The highest BCUT2D eigenvalue weighted by Crippen LogP contribution is 2.65. The predicted molar refractivity (Wildman–Crippen MR) is 166 cm³/mol. The number of ether oxygens (including phenoxy) is 2. The average molecular weight is 631 g/mol. The van der Waals surface area contributed by atoms with E-state index in [2.05, 4.69) is 16.8 Å². The maximum absolute atomic E-state index is 12.6. The number of hydrogen-bond acceptors (Lipinski definition) is 10. The van der Waals surface area contributed by atoms with Gasteiger partial charge in [0.15, 0.2) is 11.9 Å². The predicted octanol–water partition coefficient (Wildman–Crippen LogP) is 0.632. The van der Waals surface area contributed by atoms with E-state index in [0.29, 0.717) is 24.3 Å². The van der Waals surface area contributed by atoms with Gasteiger partial charge in [0.1, 0.15) is 29.3 Å². The van der Waals surface area contributed by atoms with Gasteiger partial charge in [0.2, 0.25) is 0 Å². The molecule has 0 amide bonds. The first kappa shape index (κ1) is 29.3. The molecule has 46 heavy (non-hydrogen) atoms. The smallest absolute Gasteiger partial charge is 0.174 e. The summed E-state index contributed by atoms with van der Waals surface area (Å²) in [6, 6.07) is 7.89. The molecule has 0 radical (unpaired) electrons. The van der Waals surface area contributed by atoms with Crippen molar-refractivity contribution in [2.45, 2.75) is 104 Å². The second-order valence-corrected chi connectivity index (χ2v) is 14.9. The summed E-state index contributed by atoms with van der Waals surface area (Å²) in [6.07, 6.45) is 5.48. The minimum absolute atomic E-state index is 0.0221. The summed E-state index contributed by atoms with van der Waals surface area (Å²) in [6.45, 7) is 1.50. The molecule has 4 aliphatic carbocycles. The van der Waals surface area contributed by atoms with E-state index >= 15 is 0 Å². The SMILES string of the molecule is CN1CCC23c4c5ccc(CO)c4OC2C(=O)CC[C@@]3(O)C1C5.CN1CCC23c4c5ccc(CO)c4OC2C(O)C=C[C@@]3(O)C1C5. The second kappa shape index (κ2) is 9.41. The van der Waals surface area contributed by atoms with E-state index in [-0.39, 0.29) is 31.1 Å². The van der Waals surface area contributed by atoms with Crippen molar-refractivity contribution in [1.82, 2.24) is 9.80 Å². The third kappa shape index (κ3) is 3.15. The highest BCUT2D eigenvalue weighted by Gasteiger charge is 2.73. The average Bonchev–Trinajstić information content (AvgIpc) is 3.59. The van der Waals surface area contributed by atoms with E-state index < -0.39 is 40.3 Å². The molecule has 5 N–H and O–H groups in total. The first-order valence-corrected chi connectivity index (χ1v) is 16.7. The van der Waals surface area contributed by atoms with E-state index in [4.69, 9.17) is 9.47 Å². The molecule has 3 fully saturated rings. The number of piperidine rings is 2.